The molecule has 1 aromatic rings. The second-order valence-corrected chi connectivity index (χ2v) is 4.42. The van der Waals surface area contributed by atoms with Crippen molar-refractivity contribution in [2.75, 3.05) is 11.9 Å². The van der Waals surface area contributed by atoms with Crippen LogP contribution in [0.2, 0.25) is 0 Å². The zero-order valence-electron chi connectivity index (χ0n) is 10.6. The molecule has 0 aromatic heterocycles. The molecule has 100 valence electrons. The normalized spacial score (nSPS) is 10.7. The van der Waals surface area contributed by atoms with Gasteiger partial charge in [-0.2, -0.15) is 0 Å². The number of rotatable bonds is 6. The molecule has 0 saturated carbocycles. The van der Waals surface area contributed by atoms with E-state index < -0.39 is 11.6 Å². The molecule has 2 N–H and O–H groups in total. The summed E-state index contributed by atoms with van der Waals surface area (Å²) in [6.07, 6.45) is 1.000. The minimum absolute atomic E-state index is 0.148. The van der Waals surface area contributed by atoms with Crippen molar-refractivity contribution >= 4 is 11.6 Å². The summed E-state index contributed by atoms with van der Waals surface area (Å²) in [7, 11) is 0. The Bertz CT molecular complexity index is 388. The van der Waals surface area contributed by atoms with E-state index in [4.69, 9.17) is 0 Å². The summed E-state index contributed by atoms with van der Waals surface area (Å²) in [6.45, 7) is 4.79. The summed E-state index contributed by atoms with van der Waals surface area (Å²) in [5.74, 6) is -1.65. The molecule has 3 nitrogen and oxygen atoms in total. The molecule has 0 atom stereocenters. The third kappa shape index (κ3) is 5.72. The first kappa shape index (κ1) is 14.6. The molecular weight excluding hydrogens is 238 g/mol. The Hall–Kier alpha value is -1.49. The Labute approximate surface area is 106 Å². The Morgan fingerprint density at radius 1 is 1.22 bits per heavy atom. The maximum atomic E-state index is 12.9. The maximum absolute atomic E-state index is 12.9. The van der Waals surface area contributed by atoms with E-state index in [1.54, 1.807) is 0 Å². The van der Waals surface area contributed by atoms with Gasteiger partial charge in [0.15, 0.2) is 0 Å². The summed E-state index contributed by atoms with van der Waals surface area (Å²) < 4.78 is 25.7. The van der Waals surface area contributed by atoms with Crippen LogP contribution < -0.4 is 10.6 Å². The van der Waals surface area contributed by atoms with Crippen LogP contribution in [0.15, 0.2) is 18.2 Å². The molecule has 0 heterocycles. The van der Waals surface area contributed by atoms with E-state index in [-0.39, 0.29) is 11.6 Å². The van der Waals surface area contributed by atoms with Gasteiger partial charge in [0.2, 0.25) is 5.91 Å². The molecule has 1 rings (SSSR count). The highest BCUT2D eigenvalue weighted by Crippen LogP contribution is 2.13. The third-order valence-corrected chi connectivity index (χ3v) is 2.28. The molecule has 18 heavy (non-hydrogen) atoms. The Balaban J connectivity index is 2.35. The SMILES string of the molecule is CC(C)NCCCC(=O)Nc1cc(F)cc(F)c1. The van der Waals surface area contributed by atoms with Crippen LogP contribution in [0.25, 0.3) is 0 Å². The lowest BCUT2D eigenvalue weighted by Gasteiger charge is -2.08. The number of carbonyl (C=O) groups is 1. The quantitative estimate of drug-likeness (QED) is 0.768. The topological polar surface area (TPSA) is 41.1 Å². The molecule has 0 bridgehead atoms. The molecule has 0 aliphatic carbocycles. The zero-order valence-corrected chi connectivity index (χ0v) is 10.6. The average Bonchev–Trinajstić information content (AvgIpc) is 2.22. The van der Waals surface area contributed by atoms with E-state index in [0.29, 0.717) is 18.9 Å². The van der Waals surface area contributed by atoms with Crippen molar-refractivity contribution in [3.8, 4) is 0 Å². The summed E-state index contributed by atoms with van der Waals surface area (Å²) in [5.41, 5.74) is 0.148. The fourth-order valence-corrected chi connectivity index (χ4v) is 1.49. The molecule has 0 unspecified atom stereocenters. The highest BCUT2D eigenvalue weighted by molar-refractivity contribution is 5.90. The zero-order chi connectivity index (χ0) is 13.5. The molecule has 1 aromatic carbocycles. The van der Waals surface area contributed by atoms with Gasteiger partial charge in [-0.05, 0) is 25.1 Å². The number of benzene rings is 1. The Morgan fingerprint density at radius 2 is 1.83 bits per heavy atom. The Kier molecular flexibility index (Phi) is 5.71. The summed E-state index contributed by atoms with van der Waals surface area (Å²) in [5, 5.41) is 5.65. The number of halogens is 2. The van der Waals surface area contributed by atoms with Gasteiger partial charge >= 0.3 is 0 Å². The first-order chi connectivity index (χ1) is 8.47. The smallest absolute Gasteiger partial charge is 0.224 e. The lowest BCUT2D eigenvalue weighted by Crippen LogP contribution is -2.24. The van der Waals surface area contributed by atoms with Crippen LogP contribution in [-0.2, 0) is 4.79 Å². The summed E-state index contributed by atoms with van der Waals surface area (Å²) in [4.78, 5) is 11.5. The molecule has 0 radical (unpaired) electrons. The molecule has 0 aliphatic rings. The molecule has 0 saturated heterocycles. The van der Waals surface area contributed by atoms with E-state index >= 15 is 0 Å². The minimum Gasteiger partial charge on any atom is -0.326 e. The lowest BCUT2D eigenvalue weighted by atomic mass is 10.2. The van der Waals surface area contributed by atoms with Gasteiger partial charge in [0.25, 0.3) is 0 Å². The summed E-state index contributed by atoms with van der Waals surface area (Å²) >= 11 is 0. The summed E-state index contributed by atoms with van der Waals surface area (Å²) in [6, 6.07) is 3.33. The van der Waals surface area contributed by atoms with Crippen LogP contribution in [0.5, 0.6) is 0 Å². The molecule has 0 aliphatic heterocycles. The van der Waals surface area contributed by atoms with Gasteiger partial charge in [-0.25, -0.2) is 8.78 Å². The van der Waals surface area contributed by atoms with Gasteiger partial charge in [-0.15, -0.1) is 0 Å². The molecule has 5 heteroatoms. The van der Waals surface area contributed by atoms with Gasteiger partial charge in [0.05, 0.1) is 0 Å². The second kappa shape index (κ2) is 7.06. The van der Waals surface area contributed by atoms with Gasteiger partial charge in [-0.3, -0.25) is 4.79 Å². The third-order valence-electron chi connectivity index (χ3n) is 2.28. The first-order valence-electron chi connectivity index (χ1n) is 5.96. The standard InChI is InChI=1S/C13H18F2N2O/c1-9(2)16-5-3-4-13(18)17-12-7-10(14)6-11(15)8-12/h6-9,16H,3-5H2,1-2H3,(H,17,18). The van der Waals surface area contributed by atoms with Crippen LogP contribution >= 0.6 is 0 Å². The highest BCUT2D eigenvalue weighted by atomic mass is 19.1. The van der Waals surface area contributed by atoms with Crippen molar-refractivity contribution in [2.24, 2.45) is 0 Å². The Morgan fingerprint density at radius 3 is 2.39 bits per heavy atom. The van der Waals surface area contributed by atoms with Crippen LogP contribution in [-0.4, -0.2) is 18.5 Å². The van der Waals surface area contributed by atoms with Gasteiger partial charge in [0, 0.05) is 24.2 Å². The van der Waals surface area contributed by atoms with Crippen molar-refractivity contribution in [1.29, 1.82) is 0 Å². The van der Waals surface area contributed by atoms with Crippen molar-refractivity contribution in [1.82, 2.24) is 5.32 Å². The lowest BCUT2D eigenvalue weighted by molar-refractivity contribution is -0.116. The number of carbonyl (C=O) groups excluding carboxylic acids is 1. The molecular formula is C13H18F2N2O. The van der Waals surface area contributed by atoms with Crippen LogP contribution in [0, 0.1) is 11.6 Å². The van der Waals surface area contributed by atoms with Crippen molar-refractivity contribution < 1.29 is 13.6 Å². The van der Waals surface area contributed by atoms with Crippen molar-refractivity contribution in [3.05, 3.63) is 29.8 Å². The van der Waals surface area contributed by atoms with Crippen LogP contribution in [0.4, 0.5) is 14.5 Å². The fraction of sp³-hybridized carbons (Fsp3) is 0.462. The monoisotopic (exact) mass is 256 g/mol. The predicted octanol–water partition coefficient (Wildman–Crippen LogP) is 2.68. The van der Waals surface area contributed by atoms with E-state index in [0.717, 1.165) is 24.7 Å². The van der Waals surface area contributed by atoms with E-state index in [1.165, 1.54) is 0 Å². The largest absolute Gasteiger partial charge is 0.326 e. The molecule has 0 fully saturated rings. The maximum Gasteiger partial charge on any atom is 0.224 e. The van der Waals surface area contributed by atoms with E-state index in [9.17, 15) is 13.6 Å². The number of hydrogen-bond donors (Lipinski definition) is 2. The van der Waals surface area contributed by atoms with Crippen LogP contribution in [0.3, 0.4) is 0 Å². The van der Waals surface area contributed by atoms with Crippen LogP contribution in [0.1, 0.15) is 26.7 Å². The number of nitrogens with one attached hydrogen (secondary N) is 2. The van der Waals surface area contributed by atoms with Gasteiger partial charge < -0.3 is 10.6 Å². The number of amides is 1. The predicted molar refractivity (Wildman–Crippen MR) is 67.4 cm³/mol. The fourth-order valence-electron chi connectivity index (χ4n) is 1.49. The average molecular weight is 256 g/mol. The second-order valence-electron chi connectivity index (χ2n) is 4.42. The highest BCUT2D eigenvalue weighted by Gasteiger charge is 2.05. The molecule has 1 amide bonds. The van der Waals surface area contributed by atoms with Gasteiger partial charge in [0.1, 0.15) is 11.6 Å². The van der Waals surface area contributed by atoms with Crippen molar-refractivity contribution in [2.45, 2.75) is 32.7 Å². The minimum atomic E-state index is -0.702. The van der Waals surface area contributed by atoms with E-state index in [1.807, 2.05) is 13.8 Å². The molecule has 0 spiro atoms. The van der Waals surface area contributed by atoms with Crippen molar-refractivity contribution in [3.63, 3.8) is 0 Å². The van der Waals surface area contributed by atoms with E-state index in [2.05, 4.69) is 10.6 Å². The number of anilines is 1. The van der Waals surface area contributed by atoms with Gasteiger partial charge in [-0.1, -0.05) is 13.8 Å². The first-order valence-corrected chi connectivity index (χ1v) is 5.96. The number of hydrogen-bond acceptors (Lipinski definition) is 2.